The third-order valence-corrected chi connectivity index (χ3v) is 2.28. The van der Waals surface area contributed by atoms with Crippen LogP contribution in [0.4, 0.5) is 0 Å². The molecule has 0 aromatic carbocycles. The van der Waals surface area contributed by atoms with Gasteiger partial charge in [0, 0.05) is 17.8 Å². The van der Waals surface area contributed by atoms with Gasteiger partial charge in [-0.3, -0.25) is 4.18 Å². The normalized spacial score (nSPS) is 11.4. The second-order valence-corrected chi connectivity index (χ2v) is 4.20. The van der Waals surface area contributed by atoms with E-state index in [0.29, 0.717) is 11.4 Å². The number of pyridine rings is 1. The van der Waals surface area contributed by atoms with Crippen LogP contribution in [0, 0.1) is 0 Å². The standard InChI is InChI=1S/C7H9ClN2O4S/c1-13-7-2-5(6(8)3-10-7)4-14-15(9,11)12/h2-3H,4H2,1H3,(H2,9,11,12). The van der Waals surface area contributed by atoms with E-state index in [4.69, 9.17) is 16.3 Å². The minimum atomic E-state index is -3.98. The maximum atomic E-state index is 10.5. The minimum absolute atomic E-state index is 0.253. The second kappa shape index (κ2) is 4.75. The van der Waals surface area contributed by atoms with Crippen LogP contribution >= 0.6 is 11.6 Å². The summed E-state index contributed by atoms with van der Waals surface area (Å²) in [6, 6.07) is 1.47. The number of halogens is 1. The van der Waals surface area contributed by atoms with Crippen LogP contribution in [0.25, 0.3) is 0 Å². The molecule has 0 radical (unpaired) electrons. The fourth-order valence-electron chi connectivity index (χ4n) is 0.826. The van der Waals surface area contributed by atoms with E-state index in [1.807, 2.05) is 0 Å². The first-order valence-electron chi connectivity index (χ1n) is 3.78. The van der Waals surface area contributed by atoms with Crippen molar-refractivity contribution in [2.24, 2.45) is 5.14 Å². The summed E-state index contributed by atoms with van der Waals surface area (Å²) in [6.07, 6.45) is 1.34. The Labute approximate surface area is 92.2 Å². The Morgan fingerprint density at radius 1 is 1.60 bits per heavy atom. The fourth-order valence-corrected chi connectivity index (χ4v) is 1.28. The maximum absolute atomic E-state index is 10.5. The number of nitrogens with two attached hydrogens (primary N) is 1. The van der Waals surface area contributed by atoms with E-state index in [9.17, 15) is 8.42 Å². The van der Waals surface area contributed by atoms with E-state index in [2.05, 4.69) is 14.3 Å². The van der Waals surface area contributed by atoms with Gasteiger partial charge in [-0.1, -0.05) is 11.6 Å². The summed E-state index contributed by atoms with van der Waals surface area (Å²) in [5.74, 6) is 0.312. The molecule has 0 fully saturated rings. The molecule has 0 aliphatic rings. The third kappa shape index (κ3) is 4.00. The van der Waals surface area contributed by atoms with E-state index in [0.717, 1.165) is 0 Å². The van der Waals surface area contributed by atoms with Crippen molar-refractivity contribution in [1.29, 1.82) is 0 Å². The van der Waals surface area contributed by atoms with E-state index in [1.165, 1.54) is 19.4 Å². The first-order chi connectivity index (χ1) is 6.92. The summed E-state index contributed by atoms with van der Waals surface area (Å²) in [5.41, 5.74) is 0.428. The van der Waals surface area contributed by atoms with Crippen molar-refractivity contribution >= 4 is 21.9 Å². The SMILES string of the molecule is COc1cc(COS(N)(=O)=O)c(Cl)cn1. The van der Waals surface area contributed by atoms with Crippen molar-refractivity contribution < 1.29 is 17.3 Å². The van der Waals surface area contributed by atoms with Crippen molar-refractivity contribution in [3.05, 3.63) is 22.8 Å². The zero-order valence-electron chi connectivity index (χ0n) is 7.81. The van der Waals surface area contributed by atoms with E-state index in [-0.39, 0.29) is 11.6 Å². The van der Waals surface area contributed by atoms with Crippen molar-refractivity contribution in [2.45, 2.75) is 6.61 Å². The van der Waals surface area contributed by atoms with Crippen molar-refractivity contribution in [1.82, 2.24) is 4.98 Å². The van der Waals surface area contributed by atoms with Crippen LogP contribution in [0.5, 0.6) is 5.88 Å². The summed E-state index contributed by atoms with van der Waals surface area (Å²) < 4.78 is 30.3. The molecular formula is C7H9ClN2O4S. The quantitative estimate of drug-likeness (QED) is 0.841. The van der Waals surface area contributed by atoms with Gasteiger partial charge in [0.25, 0.3) is 0 Å². The molecule has 1 rings (SSSR count). The van der Waals surface area contributed by atoms with Crippen molar-refractivity contribution in [2.75, 3.05) is 7.11 Å². The summed E-state index contributed by atoms with van der Waals surface area (Å²) >= 11 is 5.75. The lowest BCUT2D eigenvalue weighted by molar-refractivity contribution is 0.307. The number of ether oxygens (including phenoxy) is 1. The average molecular weight is 253 g/mol. The summed E-state index contributed by atoms with van der Waals surface area (Å²) in [6.45, 7) is -0.253. The number of nitrogens with zero attached hydrogens (tertiary/aromatic N) is 1. The van der Waals surface area contributed by atoms with Gasteiger partial charge in [0.15, 0.2) is 0 Å². The monoisotopic (exact) mass is 252 g/mol. The molecule has 0 amide bonds. The topological polar surface area (TPSA) is 91.5 Å². The number of rotatable bonds is 4. The highest BCUT2D eigenvalue weighted by atomic mass is 35.5. The molecule has 84 valence electrons. The Balaban J connectivity index is 2.84. The van der Waals surface area contributed by atoms with Gasteiger partial charge in [-0.05, 0) is 0 Å². The molecule has 6 nitrogen and oxygen atoms in total. The molecule has 0 atom stereocenters. The highest BCUT2D eigenvalue weighted by Gasteiger charge is 2.08. The van der Waals surface area contributed by atoms with Gasteiger partial charge in [-0.25, -0.2) is 10.1 Å². The Hall–Kier alpha value is -0.890. The third-order valence-electron chi connectivity index (χ3n) is 1.50. The van der Waals surface area contributed by atoms with E-state index >= 15 is 0 Å². The number of hydrogen-bond donors (Lipinski definition) is 1. The molecule has 0 saturated carbocycles. The number of methoxy groups -OCH3 is 1. The molecule has 0 spiro atoms. The van der Waals surface area contributed by atoms with Crippen LogP contribution in [-0.4, -0.2) is 20.5 Å². The first kappa shape index (κ1) is 12.2. The van der Waals surface area contributed by atoms with Crippen LogP contribution in [0.3, 0.4) is 0 Å². The summed E-state index contributed by atoms with van der Waals surface area (Å²) in [4.78, 5) is 3.81. The van der Waals surface area contributed by atoms with E-state index in [1.54, 1.807) is 0 Å². The summed E-state index contributed by atoms with van der Waals surface area (Å²) in [7, 11) is -2.55. The number of aromatic nitrogens is 1. The molecule has 1 aromatic heterocycles. The Bertz CT molecular complexity index is 448. The smallest absolute Gasteiger partial charge is 0.333 e. The van der Waals surface area contributed by atoms with Gasteiger partial charge >= 0.3 is 10.3 Å². The van der Waals surface area contributed by atoms with Crippen LogP contribution < -0.4 is 9.88 Å². The Kier molecular flexibility index (Phi) is 3.86. The molecule has 0 bridgehead atoms. The largest absolute Gasteiger partial charge is 0.481 e. The lowest BCUT2D eigenvalue weighted by Gasteiger charge is -2.05. The zero-order valence-corrected chi connectivity index (χ0v) is 9.38. The first-order valence-corrected chi connectivity index (χ1v) is 5.63. The molecule has 2 N–H and O–H groups in total. The van der Waals surface area contributed by atoms with Crippen LogP contribution in [0.1, 0.15) is 5.56 Å². The van der Waals surface area contributed by atoms with Gasteiger partial charge in [-0.2, -0.15) is 8.42 Å². The second-order valence-electron chi connectivity index (χ2n) is 2.57. The van der Waals surface area contributed by atoms with Gasteiger partial charge in [-0.15, -0.1) is 0 Å². The van der Waals surface area contributed by atoms with Crippen molar-refractivity contribution in [3.63, 3.8) is 0 Å². The lowest BCUT2D eigenvalue weighted by atomic mass is 10.3. The van der Waals surface area contributed by atoms with Crippen LogP contribution in [0.2, 0.25) is 5.02 Å². The molecule has 8 heteroatoms. The molecule has 0 unspecified atom stereocenters. The van der Waals surface area contributed by atoms with Gasteiger partial charge < -0.3 is 4.74 Å². The molecule has 1 aromatic rings. The molecule has 0 aliphatic carbocycles. The van der Waals surface area contributed by atoms with E-state index < -0.39 is 10.3 Å². The predicted molar refractivity (Wildman–Crippen MR) is 53.7 cm³/mol. The Morgan fingerprint density at radius 2 is 2.27 bits per heavy atom. The summed E-state index contributed by atoms with van der Waals surface area (Å²) in [5, 5.41) is 4.94. The maximum Gasteiger partial charge on any atom is 0.333 e. The fraction of sp³-hybridized carbons (Fsp3) is 0.286. The molecule has 1 heterocycles. The van der Waals surface area contributed by atoms with Crippen molar-refractivity contribution in [3.8, 4) is 5.88 Å². The van der Waals surface area contributed by atoms with Crippen LogP contribution in [0.15, 0.2) is 12.3 Å². The molecular weight excluding hydrogens is 244 g/mol. The lowest BCUT2D eigenvalue weighted by Crippen LogP contribution is -2.15. The minimum Gasteiger partial charge on any atom is -0.481 e. The highest BCUT2D eigenvalue weighted by Crippen LogP contribution is 2.20. The molecule has 0 saturated heterocycles. The average Bonchev–Trinajstić information content (AvgIpc) is 2.15. The number of hydrogen-bond acceptors (Lipinski definition) is 5. The van der Waals surface area contributed by atoms with Crippen LogP contribution in [-0.2, 0) is 21.1 Å². The zero-order chi connectivity index (χ0) is 11.5. The Morgan fingerprint density at radius 3 is 2.80 bits per heavy atom. The van der Waals surface area contributed by atoms with Gasteiger partial charge in [0.1, 0.15) is 0 Å². The molecule has 15 heavy (non-hydrogen) atoms. The van der Waals surface area contributed by atoms with Gasteiger partial charge in [0.05, 0.1) is 18.7 Å². The predicted octanol–water partition coefficient (Wildman–Crippen LogP) is 0.464. The highest BCUT2D eigenvalue weighted by molar-refractivity contribution is 7.84. The molecule has 0 aliphatic heterocycles. The van der Waals surface area contributed by atoms with Gasteiger partial charge in [0.2, 0.25) is 5.88 Å².